The van der Waals surface area contributed by atoms with E-state index in [2.05, 4.69) is 10.0 Å². The predicted octanol–water partition coefficient (Wildman–Crippen LogP) is 0.977. The quantitative estimate of drug-likeness (QED) is 0.870. The number of ether oxygens (including phenoxy) is 2. The summed E-state index contributed by atoms with van der Waals surface area (Å²) in [4.78, 5) is 0.234. The second kappa shape index (κ2) is 4.86. The molecule has 0 aromatic heterocycles. The summed E-state index contributed by atoms with van der Waals surface area (Å²) in [5.74, 6) is 1.08. The lowest BCUT2D eigenvalue weighted by atomic mass is 10.0. The van der Waals surface area contributed by atoms with Crippen LogP contribution in [0.1, 0.15) is 25.7 Å². The van der Waals surface area contributed by atoms with Gasteiger partial charge in [-0.1, -0.05) is 0 Å². The molecule has 7 heteroatoms. The minimum absolute atomic E-state index is 0.0131. The summed E-state index contributed by atoms with van der Waals surface area (Å²) in [6.45, 7) is 0.143. The molecule has 1 aromatic rings. The van der Waals surface area contributed by atoms with Crippen LogP contribution < -0.4 is 19.5 Å². The van der Waals surface area contributed by atoms with Crippen molar-refractivity contribution in [3.63, 3.8) is 0 Å². The van der Waals surface area contributed by atoms with Crippen LogP contribution >= 0.6 is 0 Å². The van der Waals surface area contributed by atoms with Crippen LogP contribution in [-0.4, -0.2) is 33.3 Å². The van der Waals surface area contributed by atoms with Crippen LogP contribution in [0, 0.1) is 0 Å². The molecular formula is C14H18N2O4S. The first-order chi connectivity index (χ1) is 10.1. The zero-order valence-corrected chi connectivity index (χ0v) is 12.4. The van der Waals surface area contributed by atoms with E-state index in [9.17, 15) is 8.42 Å². The summed E-state index contributed by atoms with van der Waals surface area (Å²) in [6, 6.07) is 5.65. The molecule has 2 fully saturated rings. The molecule has 0 amide bonds. The number of benzene rings is 1. The van der Waals surface area contributed by atoms with Crippen molar-refractivity contribution >= 4 is 10.0 Å². The average molecular weight is 310 g/mol. The predicted molar refractivity (Wildman–Crippen MR) is 75.9 cm³/mol. The van der Waals surface area contributed by atoms with Gasteiger partial charge in [0.2, 0.25) is 16.8 Å². The van der Waals surface area contributed by atoms with Crippen LogP contribution in [-0.2, 0) is 10.0 Å². The second-order valence-electron chi connectivity index (χ2n) is 5.94. The van der Waals surface area contributed by atoms with Crippen LogP contribution in [0.25, 0.3) is 0 Å². The van der Waals surface area contributed by atoms with Crippen LogP contribution in [0.15, 0.2) is 23.1 Å². The third-order valence-electron chi connectivity index (χ3n) is 4.45. The van der Waals surface area contributed by atoms with Crippen molar-refractivity contribution < 1.29 is 17.9 Å². The SMILES string of the molecule is O=S(=O)(NC1CC2CCC(C1)N2)c1ccc2c(c1)OCO2. The van der Waals surface area contributed by atoms with Crippen molar-refractivity contribution in [3.05, 3.63) is 18.2 Å². The van der Waals surface area contributed by atoms with Gasteiger partial charge in [0, 0.05) is 24.2 Å². The van der Waals surface area contributed by atoms with Crippen LogP contribution in [0.3, 0.4) is 0 Å². The molecule has 3 aliphatic heterocycles. The van der Waals surface area contributed by atoms with Gasteiger partial charge in [-0.05, 0) is 37.8 Å². The summed E-state index contributed by atoms with van der Waals surface area (Å²) in [6.07, 6.45) is 4.01. The van der Waals surface area contributed by atoms with E-state index in [4.69, 9.17) is 9.47 Å². The molecule has 6 nitrogen and oxygen atoms in total. The lowest BCUT2D eigenvalue weighted by Gasteiger charge is -2.29. The summed E-state index contributed by atoms with van der Waals surface area (Å²) < 4.78 is 38.3. The number of nitrogens with one attached hydrogen (secondary N) is 2. The molecule has 0 saturated carbocycles. The van der Waals surface area contributed by atoms with E-state index in [1.807, 2.05) is 0 Å². The normalized spacial score (nSPS) is 30.6. The molecule has 21 heavy (non-hydrogen) atoms. The Morgan fingerprint density at radius 1 is 1.10 bits per heavy atom. The number of hydrogen-bond donors (Lipinski definition) is 2. The van der Waals surface area contributed by atoms with Gasteiger partial charge in [0.05, 0.1) is 4.90 Å². The van der Waals surface area contributed by atoms with Crippen LogP contribution in [0.4, 0.5) is 0 Å². The van der Waals surface area contributed by atoms with Crippen molar-refractivity contribution in [3.8, 4) is 11.5 Å². The largest absolute Gasteiger partial charge is 0.454 e. The highest BCUT2D eigenvalue weighted by molar-refractivity contribution is 7.89. The van der Waals surface area contributed by atoms with Gasteiger partial charge in [-0.25, -0.2) is 13.1 Å². The first kappa shape index (κ1) is 13.4. The maximum absolute atomic E-state index is 12.5. The zero-order chi connectivity index (χ0) is 14.4. The molecule has 0 spiro atoms. The Bertz CT molecular complexity index is 649. The second-order valence-corrected chi connectivity index (χ2v) is 7.66. The minimum atomic E-state index is -3.51. The molecule has 2 unspecified atom stereocenters. The third-order valence-corrected chi connectivity index (χ3v) is 5.97. The summed E-state index contributed by atoms with van der Waals surface area (Å²) in [5, 5.41) is 3.51. The number of rotatable bonds is 3. The van der Waals surface area contributed by atoms with Crippen molar-refractivity contribution in [2.24, 2.45) is 0 Å². The fourth-order valence-corrected chi connectivity index (χ4v) is 4.76. The molecule has 114 valence electrons. The molecule has 3 heterocycles. The van der Waals surface area contributed by atoms with E-state index >= 15 is 0 Å². The van der Waals surface area contributed by atoms with E-state index in [0.717, 1.165) is 25.7 Å². The first-order valence-corrected chi connectivity index (χ1v) is 8.76. The molecular weight excluding hydrogens is 292 g/mol. The summed E-state index contributed by atoms with van der Waals surface area (Å²) in [5.41, 5.74) is 0. The molecule has 1 aromatic carbocycles. The maximum Gasteiger partial charge on any atom is 0.240 e. The molecule has 2 saturated heterocycles. The lowest BCUT2D eigenvalue weighted by molar-refractivity contribution is 0.174. The standard InChI is InChI=1S/C14H18N2O4S/c17-21(18,12-3-4-13-14(7-12)20-8-19-13)16-11-5-9-1-2-10(6-11)15-9/h3-4,7,9-11,15-16H,1-2,5-6,8H2. The Hall–Kier alpha value is -1.31. The molecule has 0 radical (unpaired) electrons. The van der Waals surface area contributed by atoms with E-state index in [1.54, 1.807) is 12.1 Å². The van der Waals surface area contributed by atoms with Crippen molar-refractivity contribution in [1.82, 2.24) is 10.0 Å². The fourth-order valence-electron chi connectivity index (χ4n) is 3.48. The van der Waals surface area contributed by atoms with Crippen molar-refractivity contribution in [2.75, 3.05) is 6.79 Å². The highest BCUT2D eigenvalue weighted by Gasteiger charge is 2.35. The highest BCUT2D eigenvalue weighted by Crippen LogP contribution is 2.34. The molecule has 4 rings (SSSR count). The van der Waals surface area contributed by atoms with Gasteiger partial charge in [-0.2, -0.15) is 0 Å². The first-order valence-electron chi connectivity index (χ1n) is 7.28. The van der Waals surface area contributed by atoms with Gasteiger partial charge in [0.1, 0.15) is 0 Å². The van der Waals surface area contributed by atoms with E-state index < -0.39 is 10.0 Å². The Labute approximate surface area is 123 Å². The third kappa shape index (κ3) is 2.49. The fraction of sp³-hybridized carbons (Fsp3) is 0.571. The summed E-state index contributed by atoms with van der Waals surface area (Å²) >= 11 is 0. The molecule has 0 aliphatic carbocycles. The van der Waals surface area contributed by atoms with Crippen molar-refractivity contribution in [2.45, 2.75) is 48.7 Å². The molecule has 2 atom stereocenters. The minimum Gasteiger partial charge on any atom is -0.454 e. The Balaban J connectivity index is 1.53. The van der Waals surface area contributed by atoms with Gasteiger partial charge in [0.15, 0.2) is 11.5 Å². The van der Waals surface area contributed by atoms with Gasteiger partial charge in [-0.15, -0.1) is 0 Å². The molecule has 2 bridgehead atoms. The smallest absolute Gasteiger partial charge is 0.240 e. The van der Waals surface area contributed by atoms with E-state index in [-0.39, 0.29) is 17.7 Å². The van der Waals surface area contributed by atoms with Crippen LogP contribution in [0.5, 0.6) is 11.5 Å². The number of hydrogen-bond acceptors (Lipinski definition) is 5. The number of fused-ring (bicyclic) bond motifs is 3. The van der Waals surface area contributed by atoms with Gasteiger partial charge in [0.25, 0.3) is 0 Å². The molecule has 3 aliphatic rings. The number of sulfonamides is 1. The van der Waals surface area contributed by atoms with Gasteiger partial charge >= 0.3 is 0 Å². The van der Waals surface area contributed by atoms with Crippen LogP contribution in [0.2, 0.25) is 0 Å². The number of piperidine rings is 1. The van der Waals surface area contributed by atoms with E-state index in [1.165, 1.54) is 6.07 Å². The average Bonchev–Trinajstić information content (AvgIpc) is 3.04. The van der Waals surface area contributed by atoms with E-state index in [0.29, 0.717) is 23.6 Å². The topological polar surface area (TPSA) is 76.7 Å². The molecule has 2 N–H and O–H groups in total. The highest BCUT2D eigenvalue weighted by atomic mass is 32.2. The monoisotopic (exact) mass is 310 g/mol. The maximum atomic E-state index is 12.5. The Kier molecular flexibility index (Phi) is 3.09. The zero-order valence-electron chi connectivity index (χ0n) is 11.5. The Morgan fingerprint density at radius 2 is 1.81 bits per heavy atom. The van der Waals surface area contributed by atoms with Gasteiger partial charge < -0.3 is 14.8 Å². The lowest BCUT2D eigenvalue weighted by Crippen LogP contribution is -2.47. The van der Waals surface area contributed by atoms with Crippen molar-refractivity contribution in [1.29, 1.82) is 0 Å². The summed E-state index contributed by atoms with van der Waals surface area (Å²) in [7, 11) is -3.51. The van der Waals surface area contributed by atoms with Gasteiger partial charge in [-0.3, -0.25) is 0 Å². The Morgan fingerprint density at radius 3 is 2.57 bits per heavy atom.